The van der Waals surface area contributed by atoms with E-state index in [4.69, 9.17) is 11.6 Å². The average molecular weight is 604 g/mol. The summed E-state index contributed by atoms with van der Waals surface area (Å²) in [4.78, 5) is 64.8. The van der Waals surface area contributed by atoms with Crippen LogP contribution in [-0.2, 0) is 30.4 Å². The third-order valence-corrected chi connectivity index (χ3v) is 8.35. The van der Waals surface area contributed by atoms with Crippen LogP contribution in [0.4, 0.5) is 17.6 Å². The van der Waals surface area contributed by atoms with Gasteiger partial charge in [0.2, 0.25) is 11.8 Å². The van der Waals surface area contributed by atoms with Gasteiger partial charge in [0.1, 0.15) is 12.1 Å². The van der Waals surface area contributed by atoms with Crippen molar-refractivity contribution < 1.29 is 41.5 Å². The number of fused-ring (bicyclic) bond motifs is 1. The Morgan fingerprint density at radius 1 is 1.20 bits per heavy atom. The number of alkyl halides is 5. The van der Waals surface area contributed by atoms with E-state index >= 15 is 0 Å². The maximum absolute atomic E-state index is 13.8. The van der Waals surface area contributed by atoms with Crippen molar-refractivity contribution in [2.24, 2.45) is 23.2 Å². The summed E-state index contributed by atoms with van der Waals surface area (Å²) in [6.07, 6.45) is -5.20. The van der Waals surface area contributed by atoms with Crippen LogP contribution in [0.25, 0.3) is 0 Å². The van der Waals surface area contributed by atoms with Gasteiger partial charge in [-0.1, -0.05) is 55.8 Å². The number of halogens is 5. The predicted octanol–water partition coefficient (Wildman–Crippen LogP) is 1.29. The number of carbonyl (C=O) groups is 5. The van der Waals surface area contributed by atoms with Crippen molar-refractivity contribution in [1.29, 1.82) is 0 Å². The van der Waals surface area contributed by atoms with Gasteiger partial charge in [-0.05, 0) is 29.2 Å². The minimum absolute atomic E-state index is 0.0159. The minimum Gasteiger partial charge on any atom is -0.356 e. The second kappa shape index (κ2) is 11.5. The van der Waals surface area contributed by atoms with E-state index in [1.54, 1.807) is 35.6 Å². The first kappa shape index (κ1) is 30.5. The van der Waals surface area contributed by atoms with Crippen LogP contribution >= 0.6 is 11.6 Å². The van der Waals surface area contributed by atoms with Gasteiger partial charge in [-0.25, -0.2) is 9.40 Å². The molecule has 5 amide bonds. The maximum Gasteiger partial charge on any atom is 0.471 e. The van der Waals surface area contributed by atoms with Crippen molar-refractivity contribution in [3.63, 3.8) is 0 Å². The summed E-state index contributed by atoms with van der Waals surface area (Å²) >= 11 is 5.35. The van der Waals surface area contributed by atoms with Gasteiger partial charge in [-0.15, -0.1) is 0 Å². The summed E-state index contributed by atoms with van der Waals surface area (Å²) in [5.41, 5.74) is -0.173. The van der Waals surface area contributed by atoms with Crippen molar-refractivity contribution in [3.8, 4) is 0 Å². The molecule has 1 aromatic carbocycles. The highest BCUT2D eigenvalue weighted by Crippen LogP contribution is 2.64. The maximum atomic E-state index is 13.8. The molecule has 2 aliphatic heterocycles. The van der Waals surface area contributed by atoms with Gasteiger partial charge in [0.25, 0.3) is 17.4 Å². The summed E-state index contributed by atoms with van der Waals surface area (Å²) in [6, 6.07) is 5.18. The quantitative estimate of drug-likeness (QED) is 0.234. The van der Waals surface area contributed by atoms with Crippen LogP contribution in [0.2, 0.25) is 0 Å². The molecule has 224 valence electrons. The van der Waals surface area contributed by atoms with E-state index in [1.807, 2.05) is 13.8 Å². The molecule has 1 saturated carbocycles. The summed E-state index contributed by atoms with van der Waals surface area (Å²) in [5.74, 6) is -7.18. The number of hydrazine groups is 1. The molecule has 0 aromatic heterocycles. The highest BCUT2D eigenvalue weighted by atomic mass is 35.5. The van der Waals surface area contributed by atoms with Crippen molar-refractivity contribution in [1.82, 2.24) is 26.0 Å². The molecular weight excluding hydrogens is 574 g/mol. The first-order valence-electron chi connectivity index (χ1n) is 13.0. The minimum atomic E-state index is -5.25. The fourth-order valence-electron chi connectivity index (χ4n) is 5.85. The SMILES string of the molecule is CC1(C)[C@@H]2[C@@H](C(=O)NN(C[C@@H]3CCNC3=O)C(=O)[C@H](F)Cl)N(C(=O)[C@H](Cc3ccccc3)NC(=O)C(F)(F)F)C[C@@H]21. The largest absolute Gasteiger partial charge is 0.471 e. The van der Waals surface area contributed by atoms with Crippen molar-refractivity contribution in [3.05, 3.63) is 35.9 Å². The Labute approximate surface area is 238 Å². The summed E-state index contributed by atoms with van der Waals surface area (Å²) in [5, 5.41) is 4.93. The van der Waals surface area contributed by atoms with Gasteiger partial charge in [0, 0.05) is 19.5 Å². The number of piperidine rings is 1. The first-order chi connectivity index (χ1) is 19.1. The zero-order valence-electron chi connectivity index (χ0n) is 22.2. The number of nitrogens with zero attached hydrogens (tertiary/aromatic N) is 2. The van der Waals surface area contributed by atoms with Crippen molar-refractivity contribution >= 4 is 41.1 Å². The van der Waals surface area contributed by atoms with E-state index in [-0.39, 0.29) is 25.4 Å². The van der Waals surface area contributed by atoms with E-state index < -0.39 is 70.7 Å². The molecule has 1 aliphatic carbocycles. The average Bonchev–Trinajstić information content (AvgIpc) is 3.25. The number of benzene rings is 1. The molecular formula is C26H30ClF4N5O5. The fraction of sp³-hybridized carbons (Fsp3) is 0.577. The zero-order valence-corrected chi connectivity index (χ0v) is 23.0. The highest BCUT2D eigenvalue weighted by Gasteiger charge is 2.69. The number of rotatable bonds is 8. The van der Waals surface area contributed by atoms with Crippen LogP contribution in [0.3, 0.4) is 0 Å². The molecule has 6 atom stereocenters. The Balaban J connectivity index is 1.59. The molecule has 2 saturated heterocycles. The lowest BCUT2D eigenvalue weighted by atomic mass is 9.98. The molecule has 0 bridgehead atoms. The molecule has 0 radical (unpaired) electrons. The van der Waals surface area contributed by atoms with Gasteiger partial charge < -0.3 is 15.5 Å². The normalized spacial score (nSPS) is 25.9. The van der Waals surface area contributed by atoms with Crippen molar-refractivity contribution in [2.75, 3.05) is 19.6 Å². The van der Waals surface area contributed by atoms with Crippen LogP contribution in [-0.4, -0.2) is 83.0 Å². The van der Waals surface area contributed by atoms with E-state index in [0.29, 0.717) is 23.5 Å². The number of amides is 5. The number of likely N-dealkylation sites (tertiary alicyclic amines) is 1. The van der Waals surface area contributed by atoms with Gasteiger partial charge in [0.15, 0.2) is 0 Å². The molecule has 10 nitrogen and oxygen atoms in total. The number of hydrogen-bond donors (Lipinski definition) is 3. The lowest BCUT2D eigenvalue weighted by Gasteiger charge is -2.35. The molecule has 1 aromatic rings. The molecule has 15 heteroatoms. The van der Waals surface area contributed by atoms with E-state index in [1.165, 1.54) is 0 Å². The Kier molecular flexibility index (Phi) is 8.53. The summed E-state index contributed by atoms with van der Waals surface area (Å²) < 4.78 is 53.2. The van der Waals surface area contributed by atoms with E-state index in [9.17, 15) is 41.5 Å². The van der Waals surface area contributed by atoms with Gasteiger partial charge in [-0.3, -0.25) is 29.4 Å². The molecule has 0 spiro atoms. The summed E-state index contributed by atoms with van der Waals surface area (Å²) in [7, 11) is 0. The second-order valence-corrected chi connectivity index (χ2v) is 11.5. The van der Waals surface area contributed by atoms with Crippen LogP contribution in [0.1, 0.15) is 25.8 Å². The lowest BCUT2D eigenvalue weighted by molar-refractivity contribution is -0.175. The summed E-state index contributed by atoms with van der Waals surface area (Å²) in [6.45, 7) is 3.69. The van der Waals surface area contributed by atoms with E-state index in [0.717, 1.165) is 4.90 Å². The fourth-order valence-corrected chi connectivity index (χ4v) is 5.97. The van der Waals surface area contributed by atoms with Crippen molar-refractivity contribution in [2.45, 2.75) is 50.6 Å². The number of hydrogen-bond acceptors (Lipinski definition) is 5. The van der Waals surface area contributed by atoms with Gasteiger partial charge in [-0.2, -0.15) is 13.2 Å². The first-order valence-corrected chi connectivity index (χ1v) is 13.5. The van der Waals surface area contributed by atoms with Gasteiger partial charge >= 0.3 is 12.1 Å². The van der Waals surface area contributed by atoms with Crippen LogP contribution < -0.4 is 16.1 Å². The predicted molar refractivity (Wildman–Crippen MR) is 136 cm³/mol. The number of carbonyl (C=O) groups excluding carboxylic acids is 5. The lowest BCUT2D eigenvalue weighted by Crippen LogP contribution is -2.60. The standard InChI is InChI=1S/C26H30ClF4N5O5/c1-25(2)15-12-35(22(39)16(33-24(41)26(29,30)31)10-13-6-4-3-5-7-13)18(17(15)25)21(38)34-36(23(40)19(27)28)11-14-8-9-32-20(14)37/h3-7,14-19H,8-12H2,1-2H3,(H,32,37)(H,33,41)(H,34,38)/t14-,15-,16-,17-,18-,19-/m0/s1. The smallest absolute Gasteiger partial charge is 0.356 e. The Hall–Kier alpha value is -3.42. The number of nitrogens with one attached hydrogen (secondary N) is 3. The molecule has 41 heavy (non-hydrogen) atoms. The molecule has 3 fully saturated rings. The Morgan fingerprint density at radius 2 is 1.85 bits per heavy atom. The third-order valence-electron chi connectivity index (χ3n) is 8.17. The zero-order chi connectivity index (χ0) is 30.3. The molecule has 4 rings (SSSR count). The molecule has 2 heterocycles. The van der Waals surface area contributed by atoms with E-state index in [2.05, 4.69) is 10.7 Å². The van der Waals surface area contributed by atoms with Gasteiger partial charge in [0.05, 0.1) is 12.5 Å². The Morgan fingerprint density at radius 3 is 2.41 bits per heavy atom. The molecule has 0 unspecified atom stereocenters. The molecule has 3 aliphatic rings. The Bertz CT molecular complexity index is 1210. The van der Waals surface area contributed by atoms with Crippen LogP contribution in [0.15, 0.2) is 30.3 Å². The second-order valence-electron chi connectivity index (χ2n) is 11.1. The topological polar surface area (TPSA) is 128 Å². The highest BCUT2D eigenvalue weighted by molar-refractivity contribution is 6.29. The third kappa shape index (κ3) is 6.41. The monoisotopic (exact) mass is 603 g/mol. The van der Waals surface area contributed by atoms with Crippen LogP contribution in [0, 0.1) is 23.2 Å². The molecule has 3 N–H and O–H groups in total. The van der Waals surface area contributed by atoms with Crippen LogP contribution in [0.5, 0.6) is 0 Å².